The predicted octanol–water partition coefficient (Wildman–Crippen LogP) is 2.34. The van der Waals surface area contributed by atoms with Crippen molar-refractivity contribution < 1.29 is 14.3 Å². The number of benzene rings is 2. The minimum absolute atomic E-state index is 0.0923. The molecule has 2 aromatic rings. The van der Waals surface area contributed by atoms with E-state index >= 15 is 0 Å². The lowest BCUT2D eigenvalue weighted by atomic mass is 10.1. The van der Waals surface area contributed by atoms with Gasteiger partial charge < -0.3 is 20.3 Å². The number of fused-ring (bicyclic) bond motifs is 1. The van der Waals surface area contributed by atoms with Gasteiger partial charge in [-0.15, -0.1) is 0 Å². The van der Waals surface area contributed by atoms with Crippen molar-refractivity contribution in [3.8, 4) is 5.75 Å². The van der Waals surface area contributed by atoms with E-state index in [9.17, 15) is 9.59 Å². The van der Waals surface area contributed by atoms with Gasteiger partial charge in [0.1, 0.15) is 5.75 Å². The molecule has 2 amide bonds. The molecule has 0 saturated heterocycles. The number of hydrogen-bond donors (Lipinski definition) is 2. The summed E-state index contributed by atoms with van der Waals surface area (Å²) in [6, 6.07) is 12.4. The summed E-state index contributed by atoms with van der Waals surface area (Å²) < 4.78 is 5.14. The first-order chi connectivity index (χ1) is 11.1. The molecule has 1 aliphatic rings. The lowest BCUT2D eigenvalue weighted by Gasteiger charge is -2.27. The van der Waals surface area contributed by atoms with Crippen LogP contribution in [0.1, 0.15) is 10.4 Å². The minimum Gasteiger partial charge on any atom is -0.497 e. The second-order valence-corrected chi connectivity index (χ2v) is 5.32. The van der Waals surface area contributed by atoms with Gasteiger partial charge in [-0.3, -0.25) is 9.59 Å². The second kappa shape index (κ2) is 6.00. The number of likely N-dealkylation sites (N-methyl/N-ethyl adjacent to an activating group) is 1. The molecule has 2 N–H and O–H groups in total. The maximum atomic E-state index is 12.4. The number of carbonyl (C=O) groups excluding carboxylic acids is 2. The van der Waals surface area contributed by atoms with Gasteiger partial charge in [0.15, 0.2) is 0 Å². The summed E-state index contributed by atoms with van der Waals surface area (Å²) in [4.78, 5) is 25.8. The fourth-order valence-corrected chi connectivity index (χ4v) is 2.50. The number of ether oxygens (including phenoxy) is 1. The van der Waals surface area contributed by atoms with Gasteiger partial charge in [-0.25, -0.2) is 0 Å². The molecule has 0 fully saturated rings. The lowest BCUT2D eigenvalue weighted by molar-refractivity contribution is -0.115. The van der Waals surface area contributed by atoms with Gasteiger partial charge in [0, 0.05) is 24.4 Å². The molecule has 0 unspecified atom stereocenters. The summed E-state index contributed by atoms with van der Waals surface area (Å²) in [5.41, 5.74) is 2.65. The van der Waals surface area contributed by atoms with Crippen molar-refractivity contribution in [1.29, 1.82) is 0 Å². The molecule has 2 aromatic carbocycles. The average molecular weight is 311 g/mol. The van der Waals surface area contributed by atoms with Crippen LogP contribution < -0.4 is 20.3 Å². The quantitative estimate of drug-likeness (QED) is 0.913. The van der Waals surface area contributed by atoms with Crippen molar-refractivity contribution in [3.63, 3.8) is 0 Å². The Bertz CT molecular complexity index is 773. The van der Waals surface area contributed by atoms with Gasteiger partial charge in [0.25, 0.3) is 5.91 Å². The minimum atomic E-state index is -0.247. The summed E-state index contributed by atoms with van der Waals surface area (Å²) in [7, 11) is 3.41. The molecular weight excluding hydrogens is 294 g/mol. The molecule has 0 atom stereocenters. The van der Waals surface area contributed by atoms with Crippen LogP contribution in [-0.2, 0) is 4.79 Å². The highest BCUT2D eigenvalue weighted by Gasteiger charge is 2.20. The van der Waals surface area contributed by atoms with Crippen LogP contribution in [-0.4, -0.2) is 32.5 Å². The van der Waals surface area contributed by atoms with Crippen LogP contribution in [0.2, 0.25) is 0 Å². The molecule has 0 spiro atoms. The van der Waals surface area contributed by atoms with Gasteiger partial charge >= 0.3 is 0 Å². The van der Waals surface area contributed by atoms with E-state index in [-0.39, 0.29) is 11.8 Å². The Morgan fingerprint density at radius 3 is 2.87 bits per heavy atom. The molecule has 0 aromatic heterocycles. The summed E-state index contributed by atoms with van der Waals surface area (Å²) in [6.45, 7) is 0.308. The van der Waals surface area contributed by atoms with E-state index < -0.39 is 0 Å². The van der Waals surface area contributed by atoms with Crippen LogP contribution in [0, 0.1) is 0 Å². The Labute approximate surface area is 134 Å². The normalized spacial score (nSPS) is 13.1. The van der Waals surface area contributed by atoms with Gasteiger partial charge in [-0.1, -0.05) is 6.07 Å². The molecule has 6 heteroatoms. The van der Waals surface area contributed by atoms with Gasteiger partial charge in [-0.05, 0) is 30.3 Å². The molecule has 6 nitrogen and oxygen atoms in total. The predicted molar refractivity (Wildman–Crippen MR) is 89.3 cm³/mol. The van der Waals surface area contributed by atoms with Crippen molar-refractivity contribution in [2.45, 2.75) is 0 Å². The van der Waals surface area contributed by atoms with E-state index in [1.807, 2.05) is 18.0 Å². The molecule has 3 rings (SSSR count). The third kappa shape index (κ3) is 3.11. The Kier molecular flexibility index (Phi) is 3.89. The molecule has 0 aliphatic carbocycles. The third-order valence-corrected chi connectivity index (χ3v) is 3.65. The van der Waals surface area contributed by atoms with Crippen molar-refractivity contribution in [2.75, 3.05) is 36.2 Å². The molecule has 0 radical (unpaired) electrons. The number of hydrogen-bond acceptors (Lipinski definition) is 4. The van der Waals surface area contributed by atoms with Crippen molar-refractivity contribution in [1.82, 2.24) is 0 Å². The molecule has 1 aliphatic heterocycles. The van der Waals surface area contributed by atoms with Gasteiger partial charge in [-0.2, -0.15) is 0 Å². The molecule has 118 valence electrons. The zero-order valence-electron chi connectivity index (χ0n) is 12.9. The SMILES string of the molecule is COc1cccc(NC(=O)c2ccc3c(c2)NC(=O)CN3C)c1. The Morgan fingerprint density at radius 2 is 2.09 bits per heavy atom. The molecule has 1 heterocycles. The number of nitrogens with one attached hydrogen (secondary N) is 2. The third-order valence-electron chi connectivity index (χ3n) is 3.65. The van der Waals surface area contributed by atoms with E-state index in [0.717, 1.165) is 5.69 Å². The van der Waals surface area contributed by atoms with Gasteiger partial charge in [0.05, 0.1) is 25.0 Å². The maximum absolute atomic E-state index is 12.4. The number of methoxy groups -OCH3 is 1. The molecule has 0 saturated carbocycles. The van der Waals surface area contributed by atoms with Crippen LogP contribution in [0.25, 0.3) is 0 Å². The highest BCUT2D eigenvalue weighted by Crippen LogP contribution is 2.29. The molecular formula is C17H17N3O3. The highest BCUT2D eigenvalue weighted by molar-refractivity contribution is 6.07. The van der Waals surface area contributed by atoms with Crippen molar-refractivity contribution in [3.05, 3.63) is 48.0 Å². The standard InChI is InChI=1S/C17H17N3O3/c1-20-10-16(21)19-14-8-11(6-7-15(14)20)17(22)18-12-4-3-5-13(9-12)23-2/h3-9H,10H2,1-2H3,(H,18,22)(H,19,21). The number of carbonyl (C=O) groups is 2. The van der Waals surface area contributed by atoms with E-state index in [2.05, 4.69) is 10.6 Å². The van der Waals surface area contributed by atoms with Crippen LogP contribution in [0.3, 0.4) is 0 Å². The summed E-state index contributed by atoms with van der Waals surface area (Å²) in [5.74, 6) is 0.330. The van der Waals surface area contributed by atoms with Gasteiger partial charge in [0.2, 0.25) is 5.91 Å². The van der Waals surface area contributed by atoms with Crippen LogP contribution in [0.15, 0.2) is 42.5 Å². The second-order valence-electron chi connectivity index (χ2n) is 5.32. The van der Waals surface area contributed by atoms with Crippen LogP contribution in [0.5, 0.6) is 5.75 Å². The summed E-state index contributed by atoms with van der Waals surface area (Å²) >= 11 is 0. The van der Waals surface area contributed by atoms with Crippen molar-refractivity contribution >= 4 is 28.9 Å². The lowest BCUT2D eigenvalue weighted by Crippen LogP contribution is -2.35. The first kappa shape index (κ1) is 14.9. The van der Waals surface area contributed by atoms with E-state index in [1.54, 1.807) is 43.5 Å². The fourth-order valence-electron chi connectivity index (χ4n) is 2.50. The highest BCUT2D eigenvalue weighted by atomic mass is 16.5. The van der Waals surface area contributed by atoms with E-state index in [4.69, 9.17) is 4.74 Å². The molecule has 0 bridgehead atoms. The van der Waals surface area contributed by atoms with E-state index in [1.165, 1.54) is 0 Å². The topological polar surface area (TPSA) is 70.7 Å². The monoisotopic (exact) mass is 311 g/mol. The van der Waals surface area contributed by atoms with Crippen LogP contribution in [0.4, 0.5) is 17.1 Å². The first-order valence-electron chi connectivity index (χ1n) is 7.17. The fraction of sp³-hybridized carbons (Fsp3) is 0.176. The Hall–Kier alpha value is -3.02. The van der Waals surface area contributed by atoms with E-state index in [0.29, 0.717) is 29.2 Å². The zero-order valence-corrected chi connectivity index (χ0v) is 12.9. The summed E-state index contributed by atoms with van der Waals surface area (Å²) in [5, 5.41) is 5.60. The summed E-state index contributed by atoms with van der Waals surface area (Å²) in [6.07, 6.45) is 0. The Morgan fingerprint density at radius 1 is 1.26 bits per heavy atom. The zero-order chi connectivity index (χ0) is 16.4. The number of amides is 2. The Balaban J connectivity index is 1.82. The largest absolute Gasteiger partial charge is 0.497 e. The maximum Gasteiger partial charge on any atom is 0.255 e. The average Bonchev–Trinajstić information content (AvgIpc) is 2.54. The smallest absolute Gasteiger partial charge is 0.255 e. The number of anilines is 3. The number of rotatable bonds is 3. The van der Waals surface area contributed by atoms with Crippen LogP contribution >= 0.6 is 0 Å². The van der Waals surface area contributed by atoms with Crippen molar-refractivity contribution in [2.24, 2.45) is 0 Å². The number of nitrogens with zero attached hydrogens (tertiary/aromatic N) is 1. The first-order valence-corrected chi connectivity index (χ1v) is 7.17. The molecule has 23 heavy (non-hydrogen) atoms.